The molecule has 3 aliphatic heterocycles. The number of thioether (sulfide) groups is 1. The SMILES string of the molecule is O=C(O)C1=CS[C@@H]2/C(=C\c3cc4n(n3)CCS(=O)(=O)C4)C(=O)N12. The van der Waals surface area contributed by atoms with E-state index in [1.807, 2.05) is 0 Å². The molecule has 4 rings (SSSR count). The van der Waals surface area contributed by atoms with Crippen LogP contribution in [0, 0.1) is 0 Å². The van der Waals surface area contributed by atoms with E-state index in [0.717, 1.165) is 0 Å². The number of carbonyl (C=O) groups is 2. The minimum absolute atomic E-state index is 0.0163. The monoisotopic (exact) mass is 353 g/mol. The van der Waals surface area contributed by atoms with Crippen molar-refractivity contribution >= 4 is 39.6 Å². The van der Waals surface area contributed by atoms with Crippen LogP contribution < -0.4 is 0 Å². The summed E-state index contributed by atoms with van der Waals surface area (Å²) in [6, 6.07) is 1.66. The molecule has 3 aliphatic rings. The molecule has 0 radical (unpaired) electrons. The van der Waals surface area contributed by atoms with Gasteiger partial charge in [0.1, 0.15) is 11.1 Å². The Morgan fingerprint density at radius 1 is 1.48 bits per heavy atom. The Morgan fingerprint density at radius 2 is 2.26 bits per heavy atom. The zero-order chi connectivity index (χ0) is 16.4. The standard InChI is InChI=1S/C13H11N3O5S2/c17-11-9(12-16(11)10(5-22-12)13(18)19)4-7-3-8-6-23(20,21)2-1-15(8)14-7/h3-5,12H,1-2,6H2,(H,18,19)/b9-4-/t12-/m1/s1. The van der Waals surface area contributed by atoms with E-state index in [2.05, 4.69) is 5.10 Å². The fourth-order valence-corrected chi connectivity index (χ4v) is 5.20. The van der Waals surface area contributed by atoms with Gasteiger partial charge in [-0.15, -0.1) is 11.8 Å². The van der Waals surface area contributed by atoms with Gasteiger partial charge in [0.05, 0.1) is 35.0 Å². The quantitative estimate of drug-likeness (QED) is 0.590. The second-order valence-electron chi connectivity index (χ2n) is 5.45. The van der Waals surface area contributed by atoms with Gasteiger partial charge in [-0.3, -0.25) is 14.4 Å². The van der Waals surface area contributed by atoms with Crippen molar-refractivity contribution in [2.75, 3.05) is 5.75 Å². The van der Waals surface area contributed by atoms with Crippen LogP contribution in [0.15, 0.2) is 22.7 Å². The fourth-order valence-electron chi connectivity index (χ4n) is 2.81. The van der Waals surface area contributed by atoms with Crippen molar-refractivity contribution in [3.8, 4) is 0 Å². The Labute approximate surface area is 135 Å². The van der Waals surface area contributed by atoms with E-state index in [1.54, 1.807) is 16.8 Å². The van der Waals surface area contributed by atoms with Crippen molar-refractivity contribution in [2.24, 2.45) is 0 Å². The van der Waals surface area contributed by atoms with Gasteiger partial charge in [-0.25, -0.2) is 13.2 Å². The molecule has 0 aliphatic carbocycles. The molecule has 4 heterocycles. The number of hydrogen-bond donors (Lipinski definition) is 1. The van der Waals surface area contributed by atoms with E-state index in [9.17, 15) is 18.0 Å². The van der Waals surface area contributed by atoms with E-state index in [0.29, 0.717) is 23.5 Å². The zero-order valence-corrected chi connectivity index (χ0v) is 13.3. The van der Waals surface area contributed by atoms with Crippen molar-refractivity contribution in [3.63, 3.8) is 0 Å². The van der Waals surface area contributed by atoms with Crippen LogP contribution in [0.25, 0.3) is 6.08 Å². The predicted molar refractivity (Wildman–Crippen MR) is 81.6 cm³/mol. The maximum atomic E-state index is 12.1. The Morgan fingerprint density at radius 3 is 3.00 bits per heavy atom. The average molecular weight is 353 g/mol. The minimum Gasteiger partial charge on any atom is -0.477 e. The van der Waals surface area contributed by atoms with E-state index in [1.165, 1.54) is 22.1 Å². The summed E-state index contributed by atoms with van der Waals surface area (Å²) >= 11 is 1.26. The molecule has 1 N–H and O–H groups in total. The highest BCUT2D eigenvalue weighted by atomic mass is 32.2. The maximum absolute atomic E-state index is 12.1. The number of hydrogen-bond acceptors (Lipinski definition) is 6. The van der Waals surface area contributed by atoms with E-state index >= 15 is 0 Å². The summed E-state index contributed by atoms with van der Waals surface area (Å²) in [5.74, 6) is -1.47. The molecule has 1 aromatic rings. The number of aryl methyl sites for hydroxylation is 1. The van der Waals surface area contributed by atoms with Crippen LogP contribution in [-0.4, -0.2) is 51.2 Å². The minimum atomic E-state index is -3.08. The first kappa shape index (κ1) is 14.5. The molecule has 1 saturated heterocycles. The molecular weight excluding hydrogens is 342 g/mol. The molecule has 0 saturated carbocycles. The maximum Gasteiger partial charge on any atom is 0.353 e. The van der Waals surface area contributed by atoms with Gasteiger partial charge in [0, 0.05) is 5.41 Å². The molecule has 8 nitrogen and oxygen atoms in total. The second-order valence-corrected chi connectivity index (χ2v) is 8.59. The first-order valence-electron chi connectivity index (χ1n) is 6.77. The summed E-state index contributed by atoms with van der Waals surface area (Å²) in [6.45, 7) is 0.309. The van der Waals surface area contributed by atoms with Gasteiger partial charge >= 0.3 is 5.97 Å². The summed E-state index contributed by atoms with van der Waals surface area (Å²) in [6.07, 6.45) is 1.60. The van der Waals surface area contributed by atoms with Crippen molar-refractivity contribution in [3.05, 3.63) is 34.1 Å². The van der Waals surface area contributed by atoms with Crippen LogP contribution in [0.5, 0.6) is 0 Å². The highest BCUT2D eigenvalue weighted by molar-refractivity contribution is 8.03. The van der Waals surface area contributed by atoms with Crippen LogP contribution in [-0.2, 0) is 31.7 Å². The Hall–Kier alpha value is -2.07. The molecule has 1 fully saturated rings. The third-order valence-corrected chi connectivity index (χ3v) is 6.54. The van der Waals surface area contributed by atoms with Crippen LogP contribution in [0.1, 0.15) is 11.4 Å². The van der Waals surface area contributed by atoms with Crippen LogP contribution in [0.2, 0.25) is 0 Å². The average Bonchev–Trinajstić information content (AvgIpc) is 3.04. The van der Waals surface area contributed by atoms with Gasteiger partial charge in [0.15, 0.2) is 9.84 Å². The first-order chi connectivity index (χ1) is 10.9. The summed E-state index contributed by atoms with van der Waals surface area (Å²) in [5.41, 5.74) is 1.58. The number of aromatic nitrogens is 2. The lowest BCUT2D eigenvalue weighted by atomic mass is 10.0. The molecule has 23 heavy (non-hydrogen) atoms. The number of carboxylic acid groups (broad SMARTS) is 1. The number of sulfone groups is 1. The third kappa shape index (κ3) is 2.20. The lowest BCUT2D eigenvalue weighted by Crippen LogP contribution is -2.51. The van der Waals surface area contributed by atoms with Crippen LogP contribution in [0.3, 0.4) is 0 Å². The van der Waals surface area contributed by atoms with Crippen LogP contribution >= 0.6 is 11.8 Å². The van der Waals surface area contributed by atoms with Crippen molar-refractivity contribution in [1.29, 1.82) is 0 Å². The van der Waals surface area contributed by atoms with Crippen molar-refractivity contribution in [2.45, 2.75) is 17.7 Å². The lowest BCUT2D eigenvalue weighted by Gasteiger charge is -2.36. The molecule has 0 spiro atoms. The number of fused-ring (bicyclic) bond motifs is 2. The summed E-state index contributed by atoms with van der Waals surface area (Å²) < 4.78 is 24.9. The molecular formula is C13H11N3O5S2. The van der Waals surface area contributed by atoms with Crippen molar-refractivity contribution < 1.29 is 23.1 Å². The highest BCUT2D eigenvalue weighted by Gasteiger charge is 2.49. The molecule has 1 aromatic heterocycles. The summed E-state index contributed by atoms with van der Waals surface area (Å²) in [5, 5.41) is 14.4. The van der Waals surface area contributed by atoms with E-state index in [-0.39, 0.29) is 28.5 Å². The first-order valence-corrected chi connectivity index (χ1v) is 9.53. The lowest BCUT2D eigenvalue weighted by molar-refractivity contribution is -0.141. The van der Waals surface area contributed by atoms with Gasteiger partial charge in [0.25, 0.3) is 5.91 Å². The predicted octanol–water partition coefficient (Wildman–Crippen LogP) is 0.0360. The number of carbonyl (C=O) groups excluding carboxylic acids is 1. The zero-order valence-electron chi connectivity index (χ0n) is 11.7. The second kappa shape index (κ2) is 4.71. The summed E-state index contributed by atoms with van der Waals surface area (Å²) in [7, 11) is -3.08. The number of β-lactam (4-membered cyclic amide) rings is 1. The molecule has 120 valence electrons. The van der Waals surface area contributed by atoms with Crippen LogP contribution in [0.4, 0.5) is 0 Å². The Kier molecular flexibility index (Phi) is 2.97. The van der Waals surface area contributed by atoms with Gasteiger partial charge in [-0.1, -0.05) is 0 Å². The molecule has 0 unspecified atom stereocenters. The molecule has 0 bridgehead atoms. The number of nitrogens with zero attached hydrogens (tertiary/aromatic N) is 3. The Bertz CT molecular complexity index is 912. The number of carboxylic acids is 1. The number of amides is 1. The van der Waals surface area contributed by atoms with Crippen molar-refractivity contribution in [1.82, 2.24) is 14.7 Å². The smallest absolute Gasteiger partial charge is 0.353 e. The Balaban J connectivity index is 1.61. The van der Waals surface area contributed by atoms with Gasteiger partial charge in [-0.2, -0.15) is 5.10 Å². The topological polar surface area (TPSA) is 110 Å². The molecule has 1 atom stereocenters. The van der Waals surface area contributed by atoms with E-state index in [4.69, 9.17) is 5.11 Å². The molecule has 10 heteroatoms. The number of rotatable bonds is 2. The normalized spacial score (nSPS) is 26.5. The molecule has 0 aromatic carbocycles. The largest absolute Gasteiger partial charge is 0.477 e. The molecule has 1 amide bonds. The van der Waals surface area contributed by atoms with Gasteiger partial charge in [-0.05, 0) is 12.1 Å². The number of aliphatic carboxylic acids is 1. The fraction of sp³-hybridized carbons (Fsp3) is 0.308. The van der Waals surface area contributed by atoms with E-state index < -0.39 is 15.8 Å². The summed E-state index contributed by atoms with van der Waals surface area (Å²) in [4.78, 5) is 24.4. The van der Waals surface area contributed by atoms with Gasteiger partial charge in [0.2, 0.25) is 0 Å². The third-order valence-electron chi connectivity index (χ3n) is 3.92. The van der Waals surface area contributed by atoms with Gasteiger partial charge < -0.3 is 5.11 Å². The highest BCUT2D eigenvalue weighted by Crippen LogP contribution is 2.45.